The van der Waals surface area contributed by atoms with E-state index in [-0.39, 0.29) is 23.8 Å². The number of aryl methyl sites for hydroxylation is 1. The molecule has 0 saturated heterocycles. The number of sulfonamides is 1. The minimum absolute atomic E-state index is 0.0337. The molecule has 7 nitrogen and oxygen atoms in total. The first-order valence-electron chi connectivity index (χ1n) is 8.34. The lowest BCUT2D eigenvalue weighted by atomic mass is 10.2. The van der Waals surface area contributed by atoms with E-state index in [9.17, 15) is 17.6 Å². The molecule has 0 bridgehead atoms. The molecule has 0 aliphatic carbocycles. The highest BCUT2D eigenvalue weighted by Gasteiger charge is 2.18. The van der Waals surface area contributed by atoms with E-state index >= 15 is 0 Å². The molecule has 0 radical (unpaired) electrons. The predicted octanol–water partition coefficient (Wildman–Crippen LogP) is 2.33. The van der Waals surface area contributed by atoms with Crippen molar-refractivity contribution in [2.24, 2.45) is 7.05 Å². The van der Waals surface area contributed by atoms with E-state index < -0.39 is 15.7 Å². The molecule has 0 fully saturated rings. The molecule has 0 unspecified atom stereocenters. The number of benzene rings is 2. The molecule has 0 amide bonds. The van der Waals surface area contributed by atoms with Gasteiger partial charge in [-0.2, -0.15) is 0 Å². The highest BCUT2D eigenvalue weighted by molar-refractivity contribution is 7.89. The average Bonchev–Trinajstić information content (AvgIpc) is 2.93. The summed E-state index contributed by atoms with van der Waals surface area (Å²) in [4.78, 5) is 12.4. The van der Waals surface area contributed by atoms with Crippen molar-refractivity contribution in [2.45, 2.75) is 18.4 Å². The van der Waals surface area contributed by atoms with Gasteiger partial charge in [-0.1, -0.05) is 17.7 Å². The Bertz CT molecular complexity index is 1170. The van der Waals surface area contributed by atoms with Crippen molar-refractivity contribution in [3.63, 3.8) is 0 Å². The Kier molecular flexibility index (Phi) is 5.69. The van der Waals surface area contributed by atoms with Gasteiger partial charge in [0.05, 0.1) is 11.4 Å². The Morgan fingerprint density at radius 3 is 2.54 bits per heavy atom. The van der Waals surface area contributed by atoms with E-state index in [0.29, 0.717) is 22.0 Å². The van der Waals surface area contributed by atoms with Gasteiger partial charge in [-0.05, 0) is 48.9 Å². The number of halogens is 2. The van der Waals surface area contributed by atoms with Gasteiger partial charge in [0.25, 0.3) is 0 Å². The van der Waals surface area contributed by atoms with Crippen LogP contribution in [0.5, 0.6) is 0 Å². The van der Waals surface area contributed by atoms with Crippen LogP contribution >= 0.6 is 11.6 Å². The molecule has 3 aromatic rings. The maximum atomic E-state index is 13.1. The van der Waals surface area contributed by atoms with E-state index in [2.05, 4.69) is 9.82 Å². The molecule has 10 heteroatoms. The van der Waals surface area contributed by atoms with Crippen molar-refractivity contribution in [3.8, 4) is 11.4 Å². The van der Waals surface area contributed by atoms with Crippen molar-refractivity contribution in [3.05, 3.63) is 69.4 Å². The maximum Gasteiger partial charge on any atom is 0.345 e. The van der Waals surface area contributed by atoms with Crippen molar-refractivity contribution >= 4 is 21.6 Å². The van der Waals surface area contributed by atoms with Gasteiger partial charge < -0.3 is 0 Å². The van der Waals surface area contributed by atoms with Gasteiger partial charge in [-0.3, -0.25) is 4.57 Å². The third-order valence-corrected chi connectivity index (χ3v) is 6.04. The smallest absolute Gasteiger partial charge is 0.278 e. The van der Waals surface area contributed by atoms with Crippen LogP contribution in [0.2, 0.25) is 5.02 Å². The summed E-state index contributed by atoms with van der Waals surface area (Å²) in [5.74, 6) is -0.0301. The summed E-state index contributed by atoms with van der Waals surface area (Å²) >= 11 is 5.89. The molecule has 1 aromatic heterocycles. The van der Waals surface area contributed by atoms with Gasteiger partial charge >= 0.3 is 5.69 Å². The van der Waals surface area contributed by atoms with Crippen molar-refractivity contribution < 1.29 is 12.8 Å². The second kappa shape index (κ2) is 7.86. The second-order valence-corrected chi connectivity index (χ2v) is 8.37. The molecule has 0 saturated carbocycles. The summed E-state index contributed by atoms with van der Waals surface area (Å²) in [5.41, 5.74) is 0.734. The quantitative estimate of drug-likeness (QED) is 0.658. The summed E-state index contributed by atoms with van der Waals surface area (Å²) in [5, 5.41) is 4.54. The summed E-state index contributed by atoms with van der Waals surface area (Å²) in [6, 6.07) is 10.2. The lowest BCUT2D eigenvalue weighted by Crippen LogP contribution is -2.32. The minimum atomic E-state index is -3.78. The monoisotopic (exact) mass is 424 g/mol. The molecule has 148 valence electrons. The molecule has 1 heterocycles. The standard InChI is InChI=1S/C18H18ClFN4O3S/c1-12-3-6-14(19)11-16(12)28(26,27)21-9-10-24-18(25)23(2)17(22-24)13-4-7-15(20)8-5-13/h3-8,11,21H,9-10H2,1-2H3. The van der Waals surface area contributed by atoms with Crippen LogP contribution in [0.4, 0.5) is 4.39 Å². The minimum Gasteiger partial charge on any atom is -0.278 e. The Morgan fingerprint density at radius 2 is 1.86 bits per heavy atom. The van der Waals surface area contributed by atoms with E-state index in [0.717, 1.165) is 4.68 Å². The van der Waals surface area contributed by atoms with Crippen molar-refractivity contribution in [1.29, 1.82) is 0 Å². The third kappa shape index (κ3) is 4.16. The molecule has 0 aliphatic heterocycles. The van der Waals surface area contributed by atoms with Gasteiger partial charge in [0.1, 0.15) is 5.82 Å². The fourth-order valence-corrected chi connectivity index (χ4v) is 4.24. The van der Waals surface area contributed by atoms with Gasteiger partial charge in [0, 0.05) is 24.2 Å². The van der Waals surface area contributed by atoms with Gasteiger partial charge in [0.2, 0.25) is 10.0 Å². The lowest BCUT2D eigenvalue weighted by molar-refractivity contribution is 0.550. The van der Waals surface area contributed by atoms with Gasteiger partial charge in [-0.25, -0.2) is 27.0 Å². The third-order valence-electron chi connectivity index (χ3n) is 4.20. The SMILES string of the molecule is Cc1ccc(Cl)cc1S(=O)(=O)NCCn1nc(-c2ccc(F)cc2)n(C)c1=O. The fraction of sp³-hybridized carbons (Fsp3) is 0.222. The summed E-state index contributed by atoms with van der Waals surface area (Å²) in [6.07, 6.45) is 0. The lowest BCUT2D eigenvalue weighted by Gasteiger charge is -2.09. The molecule has 3 rings (SSSR count). The van der Waals surface area contributed by atoms with E-state index in [1.54, 1.807) is 26.1 Å². The Morgan fingerprint density at radius 1 is 1.18 bits per heavy atom. The van der Waals surface area contributed by atoms with Crippen LogP contribution in [-0.2, 0) is 23.6 Å². The van der Waals surface area contributed by atoms with Gasteiger partial charge in [-0.15, -0.1) is 5.10 Å². The van der Waals surface area contributed by atoms with Crippen LogP contribution in [0.1, 0.15) is 5.56 Å². The van der Waals surface area contributed by atoms with E-state index in [4.69, 9.17) is 11.6 Å². The fourth-order valence-electron chi connectivity index (χ4n) is 2.71. The molecule has 0 atom stereocenters. The number of hydrogen-bond donors (Lipinski definition) is 1. The Hall–Kier alpha value is -2.49. The van der Waals surface area contributed by atoms with Crippen LogP contribution in [0.25, 0.3) is 11.4 Å². The van der Waals surface area contributed by atoms with E-state index in [1.807, 2.05) is 0 Å². The molecule has 0 spiro atoms. The van der Waals surface area contributed by atoms with Crippen molar-refractivity contribution in [2.75, 3.05) is 6.54 Å². The predicted molar refractivity (Wildman–Crippen MR) is 104 cm³/mol. The summed E-state index contributed by atoms with van der Waals surface area (Å²) < 4.78 is 43.0. The van der Waals surface area contributed by atoms with Crippen LogP contribution in [-0.4, -0.2) is 29.3 Å². The normalized spacial score (nSPS) is 11.7. The summed E-state index contributed by atoms with van der Waals surface area (Å²) in [6.45, 7) is 1.67. The second-order valence-electron chi connectivity index (χ2n) is 6.20. The van der Waals surface area contributed by atoms with Crippen LogP contribution in [0.3, 0.4) is 0 Å². The number of nitrogens with one attached hydrogen (secondary N) is 1. The topological polar surface area (TPSA) is 86.0 Å². The summed E-state index contributed by atoms with van der Waals surface area (Å²) in [7, 11) is -2.24. The number of nitrogens with zero attached hydrogens (tertiary/aromatic N) is 3. The molecule has 0 aliphatic rings. The molecular weight excluding hydrogens is 407 g/mol. The highest BCUT2D eigenvalue weighted by atomic mass is 35.5. The Labute approximate surface area is 166 Å². The molecule has 28 heavy (non-hydrogen) atoms. The van der Waals surface area contributed by atoms with Crippen LogP contribution in [0.15, 0.2) is 52.2 Å². The molecular formula is C18H18ClFN4O3S. The first kappa shape index (κ1) is 20.2. The Balaban J connectivity index is 1.76. The maximum absolute atomic E-state index is 13.1. The largest absolute Gasteiger partial charge is 0.345 e. The molecule has 2 aromatic carbocycles. The van der Waals surface area contributed by atoms with Gasteiger partial charge in [0.15, 0.2) is 5.82 Å². The average molecular weight is 425 g/mol. The van der Waals surface area contributed by atoms with Crippen LogP contribution < -0.4 is 10.4 Å². The number of aromatic nitrogens is 3. The highest BCUT2D eigenvalue weighted by Crippen LogP contribution is 2.20. The number of hydrogen-bond acceptors (Lipinski definition) is 4. The zero-order valence-corrected chi connectivity index (χ0v) is 16.8. The zero-order valence-electron chi connectivity index (χ0n) is 15.2. The molecule has 1 N–H and O–H groups in total. The van der Waals surface area contributed by atoms with Crippen LogP contribution in [0, 0.1) is 12.7 Å². The first-order valence-corrected chi connectivity index (χ1v) is 10.2. The zero-order chi connectivity index (χ0) is 20.5. The van der Waals surface area contributed by atoms with E-state index in [1.165, 1.54) is 34.9 Å². The number of rotatable bonds is 6. The van der Waals surface area contributed by atoms with Crippen molar-refractivity contribution in [1.82, 2.24) is 19.1 Å². The first-order chi connectivity index (χ1) is 13.2.